The lowest BCUT2D eigenvalue weighted by atomic mass is 9.99. The van der Waals surface area contributed by atoms with Crippen LogP contribution in [0.15, 0.2) is 35.7 Å². The predicted octanol–water partition coefficient (Wildman–Crippen LogP) is 0.815. The van der Waals surface area contributed by atoms with E-state index in [4.69, 9.17) is 5.73 Å². The summed E-state index contributed by atoms with van der Waals surface area (Å²) >= 11 is 1.32. The number of quaternary nitrogens is 1. The highest BCUT2D eigenvalue weighted by molar-refractivity contribution is 7.14. The van der Waals surface area contributed by atoms with Crippen LogP contribution in [0.5, 0.6) is 0 Å². The molecule has 2 atom stereocenters. The first-order valence-corrected chi connectivity index (χ1v) is 8.53. The summed E-state index contributed by atoms with van der Waals surface area (Å²) in [6, 6.07) is 9.83. The summed E-state index contributed by atoms with van der Waals surface area (Å²) in [4.78, 5) is 25.1. The molecule has 2 aromatic rings. The van der Waals surface area contributed by atoms with Crippen LogP contribution in [0, 0.1) is 0 Å². The lowest BCUT2D eigenvalue weighted by Crippen LogP contribution is -3.16. The Balaban J connectivity index is 1.69. The third-order valence-electron chi connectivity index (χ3n) is 4.42. The lowest BCUT2D eigenvalue weighted by molar-refractivity contribution is -0.929. The van der Waals surface area contributed by atoms with E-state index in [2.05, 4.69) is 23.5 Å². The van der Waals surface area contributed by atoms with Crippen molar-refractivity contribution in [1.82, 2.24) is 0 Å². The number of nitrogens with one attached hydrogen (secondary N) is 2. The van der Waals surface area contributed by atoms with Gasteiger partial charge in [-0.05, 0) is 23.9 Å². The van der Waals surface area contributed by atoms with Crippen molar-refractivity contribution in [3.05, 3.63) is 52.4 Å². The number of rotatable bonds is 4. The minimum Gasteiger partial charge on any atom is -0.366 e. The zero-order chi connectivity index (χ0) is 16.4. The number of anilines is 1. The molecule has 0 bridgehead atoms. The average molecular weight is 330 g/mol. The number of amides is 2. The van der Waals surface area contributed by atoms with Crippen LogP contribution in [0.3, 0.4) is 0 Å². The van der Waals surface area contributed by atoms with Crippen molar-refractivity contribution in [2.75, 3.05) is 11.9 Å². The molecule has 0 fully saturated rings. The van der Waals surface area contributed by atoms with Gasteiger partial charge in [0.15, 0.2) is 6.04 Å². The Hall–Kier alpha value is -2.18. The van der Waals surface area contributed by atoms with Gasteiger partial charge < -0.3 is 16.0 Å². The number of hydrogen-bond acceptors (Lipinski definition) is 3. The lowest BCUT2D eigenvalue weighted by Gasteiger charge is -2.29. The minimum absolute atomic E-state index is 0.0793. The molecule has 1 aliphatic heterocycles. The van der Waals surface area contributed by atoms with Gasteiger partial charge in [0, 0.05) is 12.0 Å². The molecule has 4 N–H and O–H groups in total. The molecule has 0 aliphatic carbocycles. The average Bonchev–Trinajstić information content (AvgIpc) is 3.02. The molecule has 0 saturated carbocycles. The molecule has 0 radical (unpaired) electrons. The van der Waals surface area contributed by atoms with E-state index in [1.54, 1.807) is 11.4 Å². The summed E-state index contributed by atoms with van der Waals surface area (Å²) in [7, 11) is 0. The van der Waals surface area contributed by atoms with Crippen LogP contribution < -0.4 is 16.0 Å². The molecule has 120 valence electrons. The van der Waals surface area contributed by atoms with E-state index in [0.717, 1.165) is 19.5 Å². The second-order valence-electron chi connectivity index (χ2n) is 5.84. The van der Waals surface area contributed by atoms with Crippen molar-refractivity contribution < 1.29 is 14.5 Å². The minimum atomic E-state index is -0.520. The third kappa shape index (κ3) is 3.28. The number of thiophene rings is 1. The van der Waals surface area contributed by atoms with Crippen LogP contribution >= 0.6 is 11.3 Å². The standard InChI is InChI=1S/C17H19N3O2S/c1-11(16(22)19-17-14(15(18)21)7-9-23-17)20-8-6-12-4-2-3-5-13(12)10-20/h2-5,7,9,11H,6,8,10H2,1H3,(H2,18,21)(H,19,22)/p+1/t11-/m1/s1. The first kappa shape index (κ1) is 15.7. The molecule has 1 aliphatic rings. The van der Waals surface area contributed by atoms with Crippen molar-refractivity contribution >= 4 is 28.2 Å². The Morgan fingerprint density at radius 2 is 2.00 bits per heavy atom. The van der Waals surface area contributed by atoms with Gasteiger partial charge in [-0.3, -0.25) is 9.59 Å². The fraction of sp³-hybridized carbons (Fsp3) is 0.294. The number of hydrogen-bond donors (Lipinski definition) is 3. The van der Waals surface area contributed by atoms with Gasteiger partial charge in [-0.2, -0.15) is 0 Å². The molecule has 1 aromatic carbocycles. The van der Waals surface area contributed by atoms with E-state index in [9.17, 15) is 9.59 Å². The van der Waals surface area contributed by atoms with Crippen LogP contribution in [-0.4, -0.2) is 24.4 Å². The van der Waals surface area contributed by atoms with Gasteiger partial charge in [0.25, 0.3) is 11.8 Å². The Bertz CT molecular complexity index is 741. The zero-order valence-electron chi connectivity index (χ0n) is 13.0. The van der Waals surface area contributed by atoms with Gasteiger partial charge in [-0.1, -0.05) is 24.3 Å². The number of primary amides is 1. The molecular formula is C17H20N3O2S+. The Kier molecular flexibility index (Phi) is 4.45. The van der Waals surface area contributed by atoms with Gasteiger partial charge in [0.2, 0.25) is 0 Å². The summed E-state index contributed by atoms with van der Waals surface area (Å²) in [6.45, 7) is 3.70. The molecule has 3 rings (SSSR count). The number of nitrogens with two attached hydrogens (primary N) is 1. The maximum Gasteiger partial charge on any atom is 0.283 e. The van der Waals surface area contributed by atoms with E-state index in [-0.39, 0.29) is 11.9 Å². The van der Waals surface area contributed by atoms with Crippen LogP contribution in [0.25, 0.3) is 0 Å². The fourth-order valence-electron chi connectivity index (χ4n) is 2.98. The van der Waals surface area contributed by atoms with E-state index >= 15 is 0 Å². The van der Waals surface area contributed by atoms with E-state index in [0.29, 0.717) is 10.6 Å². The quantitative estimate of drug-likeness (QED) is 0.776. The predicted molar refractivity (Wildman–Crippen MR) is 90.6 cm³/mol. The normalized spacial score (nSPS) is 18.0. The molecule has 5 nitrogen and oxygen atoms in total. The number of carbonyl (C=O) groups excluding carboxylic acids is 2. The van der Waals surface area contributed by atoms with Crippen LogP contribution in [-0.2, 0) is 17.8 Å². The monoisotopic (exact) mass is 330 g/mol. The molecule has 0 saturated heterocycles. The summed E-state index contributed by atoms with van der Waals surface area (Å²) in [6.07, 6.45) is 0.981. The van der Waals surface area contributed by atoms with Gasteiger partial charge in [-0.15, -0.1) is 11.3 Å². The smallest absolute Gasteiger partial charge is 0.283 e. The molecule has 1 unspecified atom stereocenters. The van der Waals surface area contributed by atoms with Crippen molar-refractivity contribution in [1.29, 1.82) is 0 Å². The van der Waals surface area contributed by atoms with Crippen LogP contribution in [0.4, 0.5) is 5.00 Å². The number of fused-ring (bicyclic) bond motifs is 1. The van der Waals surface area contributed by atoms with E-state index < -0.39 is 5.91 Å². The third-order valence-corrected chi connectivity index (χ3v) is 5.25. The summed E-state index contributed by atoms with van der Waals surface area (Å²) in [5, 5.41) is 5.14. The highest BCUT2D eigenvalue weighted by Crippen LogP contribution is 2.22. The van der Waals surface area contributed by atoms with Crippen LogP contribution in [0.1, 0.15) is 28.4 Å². The molecule has 1 aromatic heterocycles. The maximum absolute atomic E-state index is 12.5. The summed E-state index contributed by atoms with van der Waals surface area (Å²) in [5.41, 5.74) is 8.37. The molecular weight excluding hydrogens is 310 g/mol. The van der Waals surface area contributed by atoms with Gasteiger partial charge >= 0.3 is 0 Å². The topological polar surface area (TPSA) is 76.6 Å². The second kappa shape index (κ2) is 6.52. The van der Waals surface area contributed by atoms with Crippen molar-refractivity contribution in [2.45, 2.75) is 25.9 Å². The largest absolute Gasteiger partial charge is 0.366 e. The molecule has 0 spiro atoms. The second-order valence-corrected chi connectivity index (χ2v) is 6.76. The highest BCUT2D eigenvalue weighted by Gasteiger charge is 2.29. The van der Waals surface area contributed by atoms with Crippen molar-refractivity contribution in [3.63, 3.8) is 0 Å². The van der Waals surface area contributed by atoms with E-state index in [1.165, 1.54) is 27.4 Å². The van der Waals surface area contributed by atoms with Crippen LogP contribution in [0.2, 0.25) is 0 Å². The first-order valence-electron chi connectivity index (χ1n) is 7.66. The highest BCUT2D eigenvalue weighted by atomic mass is 32.1. The van der Waals surface area contributed by atoms with Gasteiger partial charge in [-0.25, -0.2) is 0 Å². The summed E-state index contributed by atoms with van der Waals surface area (Å²) in [5.74, 6) is -0.599. The molecule has 2 heterocycles. The Labute approximate surface area is 139 Å². The Morgan fingerprint density at radius 3 is 2.74 bits per heavy atom. The SMILES string of the molecule is C[C@H](C(=O)Nc1sccc1C(N)=O)[NH+]1CCc2ccccc2C1. The first-order chi connectivity index (χ1) is 11.1. The number of benzene rings is 1. The molecule has 2 amide bonds. The Morgan fingerprint density at radius 1 is 1.26 bits per heavy atom. The molecule has 6 heteroatoms. The number of carbonyl (C=O) groups is 2. The maximum atomic E-state index is 12.5. The molecule has 23 heavy (non-hydrogen) atoms. The fourth-order valence-corrected chi connectivity index (χ4v) is 3.77. The van der Waals surface area contributed by atoms with Gasteiger partial charge in [0.05, 0.1) is 12.1 Å². The summed E-state index contributed by atoms with van der Waals surface area (Å²) < 4.78 is 0. The van der Waals surface area contributed by atoms with Crippen molar-refractivity contribution in [3.8, 4) is 0 Å². The van der Waals surface area contributed by atoms with Crippen molar-refractivity contribution in [2.24, 2.45) is 5.73 Å². The van der Waals surface area contributed by atoms with E-state index in [1.807, 2.05) is 13.0 Å². The van der Waals surface area contributed by atoms with Gasteiger partial charge in [0.1, 0.15) is 11.5 Å². The zero-order valence-corrected chi connectivity index (χ0v) is 13.8.